The van der Waals surface area contributed by atoms with Crippen LogP contribution in [0.5, 0.6) is 5.75 Å². The summed E-state index contributed by atoms with van der Waals surface area (Å²) in [5, 5.41) is 11.2. The van der Waals surface area contributed by atoms with Crippen LogP contribution >= 0.6 is 0 Å². The van der Waals surface area contributed by atoms with Crippen LogP contribution in [0.25, 0.3) is 0 Å². The number of benzene rings is 1. The number of nitrogens with zero attached hydrogens (tertiary/aromatic N) is 2. The molecule has 0 atom stereocenters. The van der Waals surface area contributed by atoms with Gasteiger partial charge in [0, 0.05) is 12.5 Å². The summed E-state index contributed by atoms with van der Waals surface area (Å²) in [7, 11) is 0. The summed E-state index contributed by atoms with van der Waals surface area (Å²) < 4.78 is 11.1. The van der Waals surface area contributed by atoms with E-state index < -0.39 is 0 Å². The van der Waals surface area contributed by atoms with E-state index in [1.54, 1.807) is 0 Å². The average molecular weight is 259 g/mol. The Hall–Kier alpha value is -2.04. The molecule has 0 saturated heterocycles. The second-order valence-electron chi connectivity index (χ2n) is 4.68. The van der Waals surface area contributed by atoms with Crippen LogP contribution < -0.4 is 10.1 Å². The minimum Gasteiger partial charge on any atom is -0.494 e. The lowest BCUT2D eigenvalue weighted by Gasteiger charge is -2.03. The summed E-state index contributed by atoms with van der Waals surface area (Å²) in [6, 6.07) is 10.9. The molecule has 1 fully saturated rings. The number of nitrogens with one attached hydrogen (secondary N) is 1. The first kappa shape index (κ1) is 12.0. The fourth-order valence-corrected chi connectivity index (χ4v) is 1.75. The molecular formula is C14H17N3O2. The lowest BCUT2D eigenvalue weighted by molar-refractivity contribution is 0.305. The molecule has 1 aromatic carbocycles. The largest absolute Gasteiger partial charge is 0.494 e. The SMILES string of the molecule is c1ccc(OCCCc2nnc(NC3CC3)o2)cc1. The zero-order valence-corrected chi connectivity index (χ0v) is 10.7. The molecule has 1 aromatic heterocycles. The van der Waals surface area contributed by atoms with Gasteiger partial charge >= 0.3 is 6.01 Å². The van der Waals surface area contributed by atoms with Crippen molar-refractivity contribution in [3.8, 4) is 5.75 Å². The smallest absolute Gasteiger partial charge is 0.315 e. The van der Waals surface area contributed by atoms with E-state index >= 15 is 0 Å². The molecule has 1 N–H and O–H groups in total. The van der Waals surface area contributed by atoms with Crippen LogP contribution in [0.15, 0.2) is 34.7 Å². The second kappa shape index (κ2) is 5.73. The second-order valence-corrected chi connectivity index (χ2v) is 4.68. The topological polar surface area (TPSA) is 60.2 Å². The number of aromatic nitrogens is 2. The van der Waals surface area contributed by atoms with E-state index in [9.17, 15) is 0 Å². The number of anilines is 1. The third-order valence-corrected chi connectivity index (χ3v) is 2.92. The summed E-state index contributed by atoms with van der Waals surface area (Å²) in [5.41, 5.74) is 0. The van der Waals surface area contributed by atoms with Gasteiger partial charge in [0.2, 0.25) is 5.89 Å². The number of rotatable bonds is 7. The van der Waals surface area contributed by atoms with Crippen LogP contribution in [0.3, 0.4) is 0 Å². The minimum absolute atomic E-state index is 0.537. The number of para-hydroxylation sites is 1. The van der Waals surface area contributed by atoms with Crippen molar-refractivity contribution in [1.82, 2.24) is 10.2 Å². The molecular weight excluding hydrogens is 242 g/mol. The number of aryl methyl sites for hydroxylation is 1. The molecule has 0 aliphatic heterocycles. The molecule has 1 aliphatic carbocycles. The Kier molecular flexibility index (Phi) is 3.63. The zero-order valence-electron chi connectivity index (χ0n) is 10.7. The normalized spacial score (nSPS) is 14.3. The van der Waals surface area contributed by atoms with Crippen molar-refractivity contribution in [2.45, 2.75) is 31.7 Å². The van der Waals surface area contributed by atoms with Crippen molar-refractivity contribution in [1.29, 1.82) is 0 Å². The van der Waals surface area contributed by atoms with E-state index in [0.717, 1.165) is 18.6 Å². The van der Waals surface area contributed by atoms with Crippen molar-refractivity contribution >= 4 is 6.01 Å². The predicted molar refractivity (Wildman–Crippen MR) is 71.2 cm³/mol. The highest BCUT2D eigenvalue weighted by Crippen LogP contribution is 2.23. The van der Waals surface area contributed by atoms with Crippen molar-refractivity contribution < 1.29 is 9.15 Å². The number of ether oxygens (including phenoxy) is 1. The molecule has 5 nitrogen and oxygen atoms in total. The van der Waals surface area contributed by atoms with Crippen molar-refractivity contribution in [2.24, 2.45) is 0 Å². The summed E-state index contributed by atoms with van der Waals surface area (Å²) >= 11 is 0. The fourth-order valence-electron chi connectivity index (χ4n) is 1.75. The quantitative estimate of drug-likeness (QED) is 0.774. The van der Waals surface area contributed by atoms with Gasteiger partial charge in [-0.05, 0) is 31.4 Å². The molecule has 3 rings (SSSR count). The standard InChI is InChI=1S/C14H17N3O2/c1-2-5-12(6-3-1)18-10-4-7-13-16-17-14(19-13)15-11-8-9-11/h1-3,5-6,11H,4,7-10H2,(H,15,17). The number of hydrogen-bond donors (Lipinski definition) is 1. The summed E-state index contributed by atoms with van der Waals surface area (Å²) in [6.45, 7) is 0.651. The van der Waals surface area contributed by atoms with Crippen molar-refractivity contribution in [2.75, 3.05) is 11.9 Å². The first-order valence-corrected chi connectivity index (χ1v) is 6.67. The first-order valence-electron chi connectivity index (χ1n) is 6.67. The van der Waals surface area contributed by atoms with E-state index in [-0.39, 0.29) is 0 Å². The molecule has 0 amide bonds. The van der Waals surface area contributed by atoms with Gasteiger partial charge in [-0.1, -0.05) is 23.3 Å². The van der Waals surface area contributed by atoms with Gasteiger partial charge in [0.05, 0.1) is 6.61 Å². The van der Waals surface area contributed by atoms with Crippen molar-refractivity contribution in [3.63, 3.8) is 0 Å². The van der Waals surface area contributed by atoms with E-state index in [1.165, 1.54) is 12.8 Å². The van der Waals surface area contributed by atoms with Gasteiger partial charge < -0.3 is 14.5 Å². The Morgan fingerprint density at radius 3 is 2.84 bits per heavy atom. The van der Waals surface area contributed by atoms with E-state index in [1.807, 2.05) is 30.3 Å². The zero-order chi connectivity index (χ0) is 12.9. The van der Waals surface area contributed by atoms with Crippen LogP contribution in [0.4, 0.5) is 6.01 Å². The maximum atomic E-state index is 5.60. The molecule has 1 heterocycles. The molecule has 5 heteroatoms. The Morgan fingerprint density at radius 2 is 2.05 bits per heavy atom. The molecule has 1 saturated carbocycles. The third kappa shape index (κ3) is 3.71. The molecule has 0 unspecified atom stereocenters. The van der Waals surface area contributed by atoms with Gasteiger partial charge in [0.1, 0.15) is 5.75 Å². The van der Waals surface area contributed by atoms with E-state index in [4.69, 9.17) is 9.15 Å². The third-order valence-electron chi connectivity index (χ3n) is 2.92. The Labute approximate surface area is 112 Å². The van der Waals surface area contributed by atoms with Crippen LogP contribution in [-0.2, 0) is 6.42 Å². The lowest BCUT2D eigenvalue weighted by Crippen LogP contribution is -2.00. The highest BCUT2D eigenvalue weighted by atomic mass is 16.5. The highest BCUT2D eigenvalue weighted by Gasteiger charge is 2.23. The van der Waals surface area contributed by atoms with Crippen LogP contribution in [0, 0.1) is 0 Å². The van der Waals surface area contributed by atoms with Gasteiger partial charge in [-0.15, -0.1) is 5.10 Å². The van der Waals surface area contributed by atoms with Crippen molar-refractivity contribution in [3.05, 3.63) is 36.2 Å². The van der Waals surface area contributed by atoms with Gasteiger partial charge in [-0.3, -0.25) is 0 Å². The molecule has 19 heavy (non-hydrogen) atoms. The maximum Gasteiger partial charge on any atom is 0.315 e. The Morgan fingerprint density at radius 1 is 1.21 bits per heavy atom. The first-order chi connectivity index (χ1) is 9.40. The molecule has 0 radical (unpaired) electrons. The van der Waals surface area contributed by atoms with Crippen LogP contribution in [0.1, 0.15) is 25.2 Å². The predicted octanol–water partition coefficient (Wildman–Crippen LogP) is 2.66. The minimum atomic E-state index is 0.537. The maximum absolute atomic E-state index is 5.60. The van der Waals surface area contributed by atoms with Crippen LogP contribution in [0.2, 0.25) is 0 Å². The monoisotopic (exact) mass is 259 g/mol. The lowest BCUT2D eigenvalue weighted by atomic mass is 10.3. The summed E-state index contributed by atoms with van der Waals surface area (Å²) in [5.74, 6) is 1.56. The van der Waals surface area contributed by atoms with E-state index in [2.05, 4.69) is 15.5 Å². The van der Waals surface area contributed by atoms with Gasteiger partial charge in [-0.25, -0.2) is 0 Å². The fraction of sp³-hybridized carbons (Fsp3) is 0.429. The summed E-state index contributed by atoms with van der Waals surface area (Å²) in [6.07, 6.45) is 4.00. The molecule has 1 aliphatic rings. The highest BCUT2D eigenvalue weighted by molar-refractivity contribution is 5.22. The Bertz CT molecular complexity index is 508. The molecule has 0 bridgehead atoms. The molecule has 2 aromatic rings. The van der Waals surface area contributed by atoms with E-state index in [0.29, 0.717) is 24.6 Å². The van der Waals surface area contributed by atoms with Crippen LogP contribution in [-0.4, -0.2) is 22.8 Å². The average Bonchev–Trinajstić information content (AvgIpc) is 3.14. The van der Waals surface area contributed by atoms with Gasteiger partial charge in [-0.2, -0.15) is 0 Å². The van der Waals surface area contributed by atoms with Gasteiger partial charge in [0.25, 0.3) is 0 Å². The Balaban J connectivity index is 1.38. The summed E-state index contributed by atoms with van der Waals surface area (Å²) in [4.78, 5) is 0. The molecule has 0 spiro atoms. The number of hydrogen-bond acceptors (Lipinski definition) is 5. The van der Waals surface area contributed by atoms with Gasteiger partial charge in [0.15, 0.2) is 0 Å². The molecule has 100 valence electrons.